The van der Waals surface area contributed by atoms with Crippen LogP contribution in [0, 0.1) is 6.92 Å². The predicted octanol–water partition coefficient (Wildman–Crippen LogP) is 3.25. The van der Waals surface area contributed by atoms with E-state index in [9.17, 15) is 0 Å². The summed E-state index contributed by atoms with van der Waals surface area (Å²) in [5.41, 5.74) is 4.45. The molecule has 18 heavy (non-hydrogen) atoms. The maximum absolute atomic E-state index is 4.09. The fourth-order valence-corrected chi connectivity index (χ4v) is 3.33. The van der Waals surface area contributed by atoms with E-state index in [1.165, 1.54) is 28.9 Å². The topological polar surface area (TPSA) is 37.8 Å². The van der Waals surface area contributed by atoms with Crippen LogP contribution in [0.15, 0.2) is 32.9 Å². The third-order valence-electron chi connectivity index (χ3n) is 2.91. The first kappa shape index (κ1) is 12.1. The van der Waals surface area contributed by atoms with E-state index in [0.29, 0.717) is 0 Å². The molecule has 1 aliphatic carbocycles. The molecule has 1 aliphatic rings. The van der Waals surface area contributed by atoms with E-state index < -0.39 is 0 Å². The normalized spacial score (nSPS) is 14.9. The molecule has 1 N–H and O–H groups in total. The molecule has 0 saturated heterocycles. The summed E-state index contributed by atoms with van der Waals surface area (Å²) in [6, 6.07) is 7.35. The Morgan fingerprint density at radius 1 is 1.44 bits per heavy atom. The Balaban J connectivity index is 1.77. The van der Waals surface area contributed by atoms with Gasteiger partial charge in [-0.15, -0.1) is 10.2 Å². The number of nitrogens with zero attached hydrogens (tertiary/aromatic N) is 2. The fourth-order valence-electron chi connectivity index (χ4n) is 1.79. The van der Waals surface area contributed by atoms with Crippen molar-refractivity contribution in [3.05, 3.63) is 34.8 Å². The molecule has 3 rings (SSSR count). The van der Waals surface area contributed by atoms with Crippen LogP contribution >= 0.6 is 23.1 Å². The molecular weight excluding hydrogens is 262 g/mol. The van der Waals surface area contributed by atoms with Crippen molar-refractivity contribution in [1.82, 2.24) is 15.5 Å². The van der Waals surface area contributed by atoms with E-state index in [4.69, 9.17) is 0 Å². The summed E-state index contributed by atoms with van der Waals surface area (Å²) in [7, 11) is 0. The third-order valence-corrected chi connectivity index (χ3v) is 4.81. The molecule has 0 atom stereocenters. The van der Waals surface area contributed by atoms with Crippen molar-refractivity contribution in [3.63, 3.8) is 0 Å². The Labute approximate surface area is 115 Å². The summed E-state index contributed by atoms with van der Waals surface area (Å²) in [5.74, 6) is 0. The van der Waals surface area contributed by atoms with Gasteiger partial charge in [0.25, 0.3) is 0 Å². The first-order chi connectivity index (χ1) is 8.81. The molecule has 0 spiro atoms. The zero-order chi connectivity index (χ0) is 12.4. The average molecular weight is 277 g/mol. The van der Waals surface area contributed by atoms with Crippen molar-refractivity contribution in [2.75, 3.05) is 0 Å². The molecule has 1 aromatic heterocycles. The van der Waals surface area contributed by atoms with Gasteiger partial charge in [-0.3, -0.25) is 0 Å². The summed E-state index contributed by atoms with van der Waals surface area (Å²) in [6.07, 6.45) is 2.65. The number of rotatable bonds is 5. The molecule has 5 heteroatoms. The number of hydrogen-bond acceptors (Lipinski definition) is 5. The van der Waals surface area contributed by atoms with Gasteiger partial charge in [-0.2, -0.15) is 0 Å². The van der Waals surface area contributed by atoms with Crippen molar-refractivity contribution in [1.29, 1.82) is 0 Å². The molecule has 1 heterocycles. The van der Waals surface area contributed by atoms with Gasteiger partial charge in [-0.05, 0) is 31.4 Å². The minimum absolute atomic E-state index is 0.741. The summed E-state index contributed by atoms with van der Waals surface area (Å²) in [6.45, 7) is 3.09. The van der Waals surface area contributed by atoms with Gasteiger partial charge in [0.1, 0.15) is 5.51 Å². The van der Waals surface area contributed by atoms with Gasteiger partial charge in [0.15, 0.2) is 4.34 Å². The lowest BCUT2D eigenvalue weighted by atomic mass is 10.1. The van der Waals surface area contributed by atoms with E-state index in [2.05, 4.69) is 40.6 Å². The Kier molecular flexibility index (Phi) is 3.63. The zero-order valence-corrected chi connectivity index (χ0v) is 11.9. The molecule has 0 bridgehead atoms. The quantitative estimate of drug-likeness (QED) is 0.910. The van der Waals surface area contributed by atoms with E-state index >= 15 is 0 Å². The van der Waals surface area contributed by atoms with Gasteiger partial charge in [-0.25, -0.2) is 0 Å². The molecule has 3 nitrogen and oxygen atoms in total. The fraction of sp³-hybridized carbons (Fsp3) is 0.385. The first-order valence-corrected chi connectivity index (χ1v) is 7.78. The van der Waals surface area contributed by atoms with Crippen molar-refractivity contribution in [2.24, 2.45) is 0 Å². The Hall–Kier alpha value is -0.910. The van der Waals surface area contributed by atoms with E-state index in [0.717, 1.165) is 16.9 Å². The van der Waals surface area contributed by atoms with Gasteiger partial charge in [0.05, 0.1) is 0 Å². The highest BCUT2D eigenvalue weighted by Gasteiger charge is 2.20. The maximum atomic E-state index is 4.09. The predicted molar refractivity (Wildman–Crippen MR) is 75.1 cm³/mol. The van der Waals surface area contributed by atoms with Crippen molar-refractivity contribution >= 4 is 23.1 Å². The highest BCUT2D eigenvalue weighted by molar-refractivity contribution is 8.01. The van der Waals surface area contributed by atoms with Crippen LogP contribution in [0.3, 0.4) is 0 Å². The first-order valence-electron chi connectivity index (χ1n) is 6.08. The molecule has 1 aromatic carbocycles. The van der Waals surface area contributed by atoms with Gasteiger partial charge in [0, 0.05) is 17.5 Å². The Morgan fingerprint density at radius 3 is 3.06 bits per heavy atom. The SMILES string of the molecule is Cc1ccc(Sc2nncs2)c(CNC2CC2)c1. The number of benzene rings is 1. The molecule has 1 fully saturated rings. The van der Waals surface area contributed by atoms with Crippen LogP contribution in [0.2, 0.25) is 0 Å². The van der Waals surface area contributed by atoms with E-state index in [1.54, 1.807) is 28.6 Å². The van der Waals surface area contributed by atoms with Crippen LogP contribution in [0.1, 0.15) is 24.0 Å². The van der Waals surface area contributed by atoms with Crippen molar-refractivity contribution in [2.45, 2.75) is 41.6 Å². The summed E-state index contributed by atoms with van der Waals surface area (Å²) < 4.78 is 1.01. The number of hydrogen-bond donors (Lipinski definition) is 1. The van der Waals surface area contributed by atoms with Crippen LogP contribution in [0.25, 0.3) is 0 Å². The molecule has 0 amide bonds. The largest absolute Gasteiger partial charge is 0.310 e. The minimum atomic E-state index is 0.741. The highest BCUT2D eigenvalue weighted by Crippen LogP contribution is 2.32. The average Bonchev–Trinajstić information content (AvgIpc) is 3.06. The standard InChI is InChI=1S/C13H15N3S2/c1-9-2-5-12(18-13-16-15-8-17-13)10(6-9)7-14-11-3-4-11/h2,5-6,8,11,14H,3-4,7H2,1H3. The zero-order valence-electron chi connectivity index (χ0n) is 10.2. The van der Waals surface area contributed by atoms with Gasteiger partial charge < -0.3 is 5.32 Å². The number of nitrogens with one attached hydrogen (secondary N) is 1. The van der Waals surface area contributed by atoms with Crippen LogP contribution < -0.4 is 5.32 Å². The monoisotopic (exact) mass is 277 g/mol. The Morgan fingerprint density at radius 2 is 2.33 bits per heavy atom. The molecule has 0 radical (unpaired) electrons. The number of aromatic nitrogens is 2. The van der Waals surface area contributed by atoms with Gasteiger partial charge in [0.2, 0.25) is 0 Å². The molecule has 94 valence electrons. The van der Waals surface area contributed by atoms with Crippen LogP contribution in [0.5, 0.6) is 0 Å². The van der Waals surface area contributed by atoms with Crippen LogP contribution in [-0.4, -0.2) is 16.2 Å². The second kappa shape index (κ2) is 5.38. The molecule has 0 aliphatic heterocycles. The summed E-state index contributed by atoms with van der Waals surface area (Å²) in [5, 5.41) is 11.5. The highest BCUT2D eigenvalue weighted by atomic mass is 32.2. The lowest BCUT2D eigenvalue weighted by Gasteiger charge is -2.09. The minimum Gasteiger partial charge on any atom is -0.310 e. The maximum Gasteiger partial charge on any atom is 0.178 e. The Bertz CT molecular complexity index is 521. The second-order valence-electron chi connectivity index (χ2n) is 4.57. The second-order valence-corrected chi connectivity index (χ2v) is 6.70. The van der Waals surface area contributed by atoms with Gasteiger partial charge >= 0.3 is 0 Å². The van der Waals surface area contributed by atoms with Crippen molar-refractivity contribution in [3.8, 4) is 0 Å². The summed E-state index contributed by atoms with van der Waals surface area (Å²) >= 11 is 3.29. The lowest BCUT2D eigenvalue weighted by Crippen LogP contribution is -2.15. The van der Waals surface area contributed by atoms with Gasteiger partial charge in [-0.1, -0.05) is 40.8 Å². The van der Waals surface area contributed by atoms with E-state index in [1.807, 2.05) is 0 Å². The molecular formula is C13H15N3S2. The smallest absolute Gasteiger partial charge is 0.178 e. The van der Waals surface area contributed by atoms with Crippen LogP contribution in [0.4, 0.5) is 0 Å². The molecule has 1 saturated carbocycles. The summed E-state index contributed by atoms with van der Waals surface area (Å²) in [4.78, 5) is 1.28. The number of aryl methyl sites for hydroxylation is 1. The van der Waals surface area contributed by atoms with Crippen molar-refractivity contribution < 1.29 is 0 Å². The third kappa shape index (κ3) is 3.10. The van der Waals surface area contributed by atoms with E-state index in [-0.39, 0.29) is 0 Å². The molecule has 0 unspecified atom stereocenters. The lowest BCUT2D eigenvalue weighted by molar-refractivity contribution is 0.680. The molecule has 2 aromatic rings. The van der Waals surface area contributed by atoms with Crippen LogP contribution in [-0.2, 0) is 6.54 Å².